The van der Waals surface area contributed by atoms with Gasteiger partial charge in [-0.05, 0) is 60.9 Å². The number of carbonyl (C=O) groups excluding carboxylic acids is 1. The molecule has 2 aromatic rings. The first-order valence-electron chi connectivity index (χ1n) is 7.65. The Morgan fingerprint density at radius 1 is 1.21 bits per heavy atom. The Labute approximate surface area is 146 Å². The molecule has 126 valence electrons. The minimum atomic E-state index is -0.251. The van der Waals surface area contributed by atoms with E-state index >= 15 is 0 Å². The molecular weight excluding hydrogens is 326 g/mol. The molecule has 6 heteroatoms. The second-order valence-corrected chi connectivity index (χ2v) is 5.67. The molecule has 2 rings (SSSR count). The number of hydrogen-bond acceptors (Lipinski definition) is 4. The van der Waals surface area contributed by atoms with Crippen LogP contribution in [0.1, 0.15) is 24.5 Å². The van der Waals surface area contributed by atoms with Crippen molar-refractivity contribution in [1.82, 2.24) is 5.43 Å². The van der Waals surface area contributed by atoms with E-state index in [0.29, 0.717) is 11.4 Å². The zero-order chi connectivity index (χ0) is 17.5. The number of halogens is 1. The number of nitrogens with zero attached hydrogens (tertiary/aromatic N) is 1. The van der Waals surface area contributed by atoms with Gasteiger partial charge in [0.05, 0.1) is 12.3 Å². The summed E-state index contributed by atoms with van der Waals surface area (Å²) in [5, 5.41) is 17.2. The molecular formula is C18H20ClN3O2. The van der Waals surface area contributed by atoms with Gasteiger partial charge in [-0.25, -0.2) is 5.43 Å². The molecule has 5 nitrogen and oxygen atoms in total. The first-order valence-corrected chi connectivity index (χ1v) is 8.03. The third-order valence-electron chi connectivity index (χ3n) is 3.56. The Hall–Kier alpha value is -2.53. The van der Waals surface area contributed by atoms with Crippen LogP contribution < -0.4 is 10.7 Å². The smallest absolute Gasteiger partial charge is 0.259 e. The second-order valence-electron chi connectivity index (χ2n) is 5.26. The summed E-state index contributed by atoms with van der Waals surface area (Å²) < 4.78 is 0. The van der Waals surface area contributed by atoms with Gasteiger partial charge in [-0.15, -0.1) is 0 Å². The molecule has 0 spiro atoms. The van der Waals surface area contributed by atoms with Crippen LogP contribution in [0.2, 0.25) is 5.02 Å². The lowest BCUT2D eigenvalue weighted by Crippen LogP contribution is -2.27. The number of phenols is 1. The van der Waals surface area contributed by atoms with Crippen LogP contribution in [0.5, 0.6) is 5.75 Å². The molecule has 0 aliphatic rings. The van der Waals surface area contributed by atoms with Gasteiger partial charge < -0.3 is 10.4 Å². The molecule has 0 bridgehead atoms. The van der Waals surface area contributed by atoms with E-state index in [4.69, 9.17) is 11.6 Å². The Morgan fingerprint density at radius 2 is 1.92 bits per heavy atom. The summed E-state index contributed by atoms with van der Waals surface area (Å²) in [5.74, 6) is -0.0570. The van der Waals surface area contributed by atoms with Crippen molar-refractivity contribution < 1.29 is 9.90 Å². The van der Waals surface area contributed by atoms with Crippen molar-refractivity contribution in [2.75, 3.05) is 11.9 Å². The fraction of sp³-hybridized carbons (Fsp3) is 0.222. The number of amides is 1. The number of nitrogens with one attached hydrogen (secondary N) is 2. The topological polar surface area (TPSA) is 73.7 Å². The molecule has 0 aromatic heterocycles. The van der Waals surface area contributed by atoms with Crippen molar-refractivity contribution in [3.63, 3.8) is 0 Å². The van der Waals surface area contributed by atoms with Gasteiger partial charge in [0.2, 0.25) is 0 Å². The number of hydrogen-bond donors (Lipinski definition) is 3. The quantitative estimate of drug-likeness (QED) is 0.552. The molecule has 0 aliphatic heterocycles. The Kier molecular flexibility index (Phi) is 6.21. The van der Waals surface area contributed by atoms with Crippen molar-refractivity contribution in [2.45, 2.75) is 20.3 Å². The lowest BCUT2D eigenvalue weighted by molar-refractivity contribution is -0.119. The fourth-order valence-electron chi connectivity index (χ4n) is 2.15. The third kappa shape index (κ3) is 4.73. The summed E-state index contributed by atoms with van der Waals surface area (Å²) in [6.45, 7) is 3.93. The number of hydrazone groups is 1. The number of aromatic hydroxyl groups is 1. The number of phenolic OH excluding ortho intramolecular Hbond substituents is 1. The maximum absolute atomic E-state index is 12.0. The second kappa shape index (κ2) is 8.36. The zero-order valence-corrected chi connectivity index (χ0v) is 14.4. The largest absolute Gasteiger partial charge is 0.508 e. The maximum Gasteiger partial charge on any atom is 0.259 e. The molecule has 0 saturated carbocycles. The highest BCUT2D eigenvalue weighted by molar-refractivity contribution is 6.31. The molecule has 3 N–H and O–H groups in total. The van der Waals surface area contributed by atoms with Crippen molar-refractivity contribution in [1.29, 1.82) is 0 Å². The number of benzene rings is 2. The third-order valence-corrected chi connectivity index (χ3v) is 3.97. The van der Waals surface area contributed by atoms with Crippen LogP contribution in [-0.2, 0) is 4.79 Å². The van der Waals surface area contributed by atoms with E-state index in [9.17, 15) is 9.90 Å². The average Bonchev–Trinajstić information content (AvgIpc) is 2.58. The first-order chi connectivity index (χ1) is 11.5. The molecule has 0 heterocycles. The standard InChI is InChI=1S/C18H20ClN3O2/c1-3-16(13-7-9-14(23)10-8-13)21-22-18(24)11-20-17-6-4-5-15(19)12(17)2/h4-10,20,23H,3,11H2,1-2H3,(H,22,24)/b21-16+. The van der Waals surface area contributed by atoms with E-state index in [-0.39, 0.29) is 18.2 Å². The minimum Gasteiger partial charge on any atom is -0.508 e. The van der Waals surface area contributed by atoms with E-state index in [1.165, 1.54) is 0 Å². The first kappa shape index (κ1) is 17.8. The molecule has 0 aliphatic carbocycles. The molecule has 0 radical (unpaired) electrons. The Bertz CT molecular complexity index is 742. The molecule has 0 atom stereocenters. The lowest BCUT2D eigenvalue weighted by atomic mass is 10.1. The summed E-state index contributed by atoms with van der Waals surface area (Å²) in [4.78, 5) is 12.0. The van der Waals surface area contributed by atoms with Crippen LogP contribution in [0.3, 0.4) is 0 Å². The van der Waals surface area contributed by atoms with Crippen LogP contribution in [0.4, 0.5) is 5.69 Å². The molecule has 0 saturated heterocycles. The monoisotopic (exact) mass is 345 g/mol. The summed E-state index contributed by atoms with van der Waals surface area (Å²) in [7, 11) is 0. The van der Waals surface area contributed by atoms with E-state index in [2.05, 4.69) is 15.8 Å². The summed E-state index contributed by atoms with van der Waals surface area (Å²) in [6, 6.07) is 12.2. The van der Waals surface area contributed by atoms with E-state index < -0.39 is 0 Å². The van der Waals surface area contributed by atoms with E-state index in [0.717, 1.165) is 22.5 Å². The molecule has 2 aromatic carbocycles. The Balaban J connectivity index is 1.95. The highest BCUT2D eigenvalue weighted by atomic mass is 35.5. The van der Waals surface area contributed by atoms with Gasteiger partial charge in [0.15, 0.2) is 0 Å². The Morgan fingerprint density at radius 3 is 2.58 bits per heavy atom. The SMILES string of the molecule is CC/C(=N\NC(=O)CNc1cccc(Cl)c1C)c1ccc(O)cc1. The van der Waals surface area contributed by atoms with Crippen molar-refractivity contribution in [3.05, 3.63) is 58.6 Å². The van der Waals surface area contributed by atoms with Gasteiger partial charge in [0.1, 0.15) is 5.75 Å². The van der Waals surface area contributed by atoms with Crippen molar-refractivity contribution in [2.24, 2.45) is 5.10 Å². The summed E-state index contributed by atoms with van der Waals surface area (Å²) in [5.41, 5.74) is 5.85. The number of carbonyl (C=O) groups is 1. The summed E-state index contributed by atoms with van der Waals surface area (Å²) >= 11 is 6.05. The molecule has 24 heavy (non-hydrogen) atoms. The predicted molar refractivity (Wildman–Crippen MR) is 97.8 cm³/mol. The van der Waals surface area contributed by atoms with Crippen LogP contribution >= 0.6 is 11.6 Å². The molecule has 1 amide bonds. The molecule has 0 fully saturated rings. The highest BCUT2D eigenvalue weighted by Gasteiger charge is 2.06. The maximum atomic E-state index is 12.0. The van der Waals surface area contributed by atoms with Gasteiger partial charge in [0.25, 0.3) is 5.91 Å². The van der Waals surface area contributed by atoms with Gasteiger partial charge in [-0.3, -0.25) is 4.79 Å². The van der Waals surface area contributed by atoms with Gasteiger partial charge in [-0.2, -0.15) is 5.10 Å². The van der Waals surface area contributed by atoms with E-state index in [1.807, 2.05) is 26.0 Å². The number of rotatable bonds is 6. The zero-order valence-electron chi connectivity index (χ0n) is 13.6. The number of anilines is 1. The normalized spacial score (nSPS) is 11.2. The van der Waals surface area contributed by atoms with Crippen molar-refractivity contribution >= 4 is 28.9 Å². The van der Waals surface area contributed by atoms with Gasteiger partial charge in [0, 0.05) is 10.7 Å². The highest BCUT2D eigenvalue weighted by Crippen LogP contribution is 2.22. The van der Waals surface area contributed by atoms with Gasteiger partial charge >= 0.3 is 0 Å². The lowest BCUT2D eigenvalue weighted by Gasteiger charge is -2.10. The van der Waals surface area contributed by atoms with Crippen LogP contribution in [-0.4, -0.2) is 23.3 Å². The summed E-state index contributed by atoms with van der Waals surface area (Å²) in [6.07, 6.45) is 0.659. The van der Waals surface area contributed by atoms with Crippen LogP contribution in [0.15, 0.2) is 47.6 Å². The molecule has 0 unspecified atom stereocenters. The minimum absolute atomic E-state index is 0.0945. The van der Waals surface area contributed by atoms with E-state index in [1.54, 1.807) is 30.3 Å². The predicted octanol–water partition coefficient (Wildman–Crippen LogP) is 3.70. The average molecular weight is 346 g/mol. The fourth-order valence-corrected chi connectivity index (χ4v) is 2.32. The van der Waals surface area contributed by atoms with Crippen molar-refractivity contribution in [3.8, 4) is 5.75 Å². The van der Waals surface area contributed by atoms with Crippen LogP contribution in [0, 0.1) is 6.92 Å². The van der Waals surface area contributed by atoms with Crippen LogP contribution in [0.25, 0.3) is 0 Å². The van der Waals surface area contributed by atoms with Gasteiger partial charge in [-0.1, -0.05) is 24.6 Å².